The van der Waals surface area contributed by atoms with Gasteiger partial charge in [-0.2, -0.15) is 0 Å². The minimum Gasteiger partial charge on any atom is -0.325 e. The largest absolute Gasteiger partial charge is 0.325 e. The van der Waals surface area contributed by atoms with Gasteiger partial charge in [-0.15, -0.1) is 23.1 Å². The fraction of sp³-hybridized carbons (Fsp3) is 0.235. The van der Waals surface area contributed by atoms with E-state index in [4.69, 9.17) is 0 Å². The average Bonchev–Trinajstić information content (AvgIpc) is 2.95. The van der Waals surface area contributed by atoms with Crippen LogP contribution in [0.5, 0.6) is 0 Å². The van der Waals surface area contributed by atoms with Crippen molar-refractivity contribution in [2.75, 3.05) is 5.32 Å². The molecule has 0 aliphatic heterocycles. The summed E-state index contributed by atoms with van der Waals surface area (Å²) in [7, 11) is 0. The number of para-hydroxylation sites is 1. The van der Waals surface area contributed by atoms with Crippen molar-refractivity contribution in [1.82, 2.24) is 9.38 Å². The molecule has 24 heavy (non-hydrogen) atoms. The zero-order valence-corrected chi connectivity index (χ0v) is 15.0. The number of hydrogen-bond acceptors (Lipinski definition) is 5. The molecule has 0 bridgehead atoms. The van der Waals surface area contributed by atoms with Gasteiger partial charge in [0.05, 0.1) is 11.4 Å². The lowest BCUT2D eigenvalue weighted by atomic mass is 10.3. The van der Waals surface area contributed by atoms with Crippen LogP contribution in [0.2, 0.25) is 0 Å². The first-order chi connectivity index (χ1) is 11.6. The Bertz CT molecular complexity index is 946. The van der Waals surface area contributed by atoms with Gasteiger partial charge in [0.1, 0.15) is 0 Å². The van der Waals surface area contributed by atoms with Crippen molar-refractivity contribution in [2.45, 2.75) is 30.9 Å². The number of fused-ring (bicyclic) bond motifs is 1. The number of aryl methyl sites for hydroxylation is 1. The highest BCUT2D eigenvalue weighted by atomic mass is 32.2. The molecule has 1 aromatic carbocycles. The van der Waals surface area contributed by atoms with Gasteiger partial charge in [-0.05, 0) is 19.1 Å². The van der Waals surface area contributed by atoms with E-state index in [9.17, 15) is 9.59 Å². The molecule has 0 spiro atoms. The van der Waals surface area contributed by atoms with Crippen molar-refractivity contribution >= 4 is 39.7 Å². The highest BCUT2D eigenvalue weighted by molar-refractivity contribution is 7.98. The smallest absolute Gasteiger partial charge is 0.258 e. The van der Waals surface area contributed by atoms with Gasteiger partial charge in [-0.25, -0.2) is 4.98 Å². The fourth-order valence-electron chi connectivity index (χ4n) is 2.22. The second-order valence-corrected chi connectivity index (χ2v) is 7.50. The first-order valence-electron chi connectivity index (χ1n) is 7.57. The lowest BCUT2D eigenvalue weighted by Gasteiger charge is -2.09. The van der Waals surface area contributed by atoms with Crippen LogP contribution in [0.1, 0.15) is 23.9 Å². The van der Waals surface area contributed by atoms with Crippen molar-refractivity contribution in [1.29, 1.82) is 0 Å². The van der Waals surface area contributed by atoms with Crippen molar-refractivity contribution in [2.24, 2.45) is 0 Å². The Hall–Kier alpha value is -2.12. The summed E-state index contributed by atoms with van der Waals surface area (Å²) in [6, 6.07) is 9.22. The van der Waals surface area contributed by atoms with Crippen LogP contribution >= 0.6 is 23.1 Å². The van der Waals surface area contributed by atoms with Crippen LogP contribution in [0.25, 0.3) is 4.96 Å². The summed E-state index contributed by atoms with van der Waals surface area (Å²) in [5, 5.41) is 2.90. The lowest BCUT2D eigenvalue weighted by Crippen LogP contribution is -2.12. The zero-order chi connectivity index (χ0) is 17.1. The maximum atomic E-state index is 12.1. The third kappa shape index (κ3) is 3.68. The molecule has 0 saturated carbocycles. The number of rotatable bonds is 5. The van der Waals surface area contributed by atoms with Crippen molar-refractivity contribution in [3.63, 3.8) is 0 Å². The Morgan fingerprint density at radius 2 is 2.17 bits per heavy atom. The summed E-state index contributed by atoms with van der Waals surface area (Å²) >= 11 is 3.06. The molecule has 0 aliphatic rings. The van der Waals surface area contributed by atoms with E-state index in [0.29, 0.717) is 17.1 Å². The molecule has 3 rings (SSSR count). The van der Waals surface area contributed by atoms with Gasteiger partial charge in [-0.1, -0.05) is 19.1 Å². The van der Waals surface area contributed by atoms with E-state index in [-0.39, 0.29) is 11.5 Å². The predicted molar refractivity (Wildman–Crippen MR) is 99.0 cm³/mol. The normalized spacial score (nSPS) is 10.9. The van der Waals surface area contributed by atoms with E-state index in [1.54, 1.807) is 22.2 Å². The highest BCUT2D eigenvalue weighted by Crippen LogP contribution is 2.29. The zero-order valence-electron chi connectivity index (χ0n) is 13.4. The van der Waals surface area contributed by atoms with Crippen LogP contribution in [-0.4, -0.2) is 15.3 Å². The number of thiazole rings is 1. The van der Waals surface area contributed by atoms with E-state index in [1.165, 1.54) is 11.3 Å². The van der Waals surface area contributed by atoms with Crippen molar-refractivity contribution in [3.05, 3.63) is 57.5 Å². The number of hydrogen-bond donors (Lipinski definition) is 1. The third-order valence-electron chi connectivity index (χ3n) is 3.39. The first kappa shape index (κ1) is 16.7. The van der Waals surface area contributed by atoms with Crippen LogP contribution < -0.4 is 10.9 Å². The summed E-state index contributed by atoms with van der Waals surface area (Å²) in [6.45, 7) is 3.78. The highest BCUT2D eigenvalue weighted by Gasteiger charge is 2.09. The Balaban J connectivity index is 1.81. The maximum absolute atomic E-state index is 12.1. The van der Waals surface area contributed by atoms with Gasteiger partial charge < -0.3 is 5.32 Å². The minimum atomic E-state index is -0.0625. The fourth-order valence-corrected chi connectivity index (χ4v) is 3.97. The summed E-state index contributed by atoms with van der Waals surface area (Å²) in [5.74, 6) is 0.553. The molecular weight excluding hydrogens is 342 g/mol. The quantitative estimate of drug-likeness (QED) is 0.706. The summed E-state index contributed by atoms with van der Waals surface area (Å²) in [6.07, 6.45) is 2.24. The van der Waals surface area contributed by atoms with Gasteiger partial charge in [0.25, 0.3) is 5.56 Å². The molecule has 2 aromatic heterocycles. The average molecular weight is 359 g/mol. The van der Waals surface area contributed by atoms with E-state index in [2.05, 4.69) is 10.3 Å². The Labute approximate surface area is 147 Å². The first-order valence-corrected chi connectivity index (χ1v) is 9.37. The topological polar surface area (TPSA) is 63.5 Å². The minimum absolute atomic E-state index is 0.0186. The standard InChI is InChI=1S/C17H17N3O2S2/c1-3-15(21)19-13-6-4-5-7-14(13)23-10-12-8-16(22)20-9-11(2)24-17(20)18-12/h4-9H,3,10H2,1-2H3,(H,19,21). The Morgan fingerprint density at radius 1 is 1.38 bits per heavy atom. The van der Waals surface area contributed by atoms with Gasteiger partial charge in [0.15, 0.2) is 4.96 Å². The molecule has 124 valence electrons. The van der Waals surface area contributed by atoms with Crippen LogP contribution in [0.3, 0.4) is 0 Å². The van der Waals surface area contributed by atoms with Crippen molar-refractivity contribution < 1.29 is 4.79 Å². The number of benzene rings is 1. The Morgan fingerprint density at radius 3 is 2.96 bits per heavy atom. The third-order valence-corrected chi connectivity index (χ3v) is 5.40. The van der Waals surface area contributed by atoms with Gasteiger partial charge in [0.2, 0.25) is 5.91 Å². The lowest BCUT2D eigenvalue weighted by molar-refractivity contribution is -0.115. The number of anilines is 1. The number of carbonyl (C=O) groups is 1. The number of nitrogens with zero attached hydrogens (tertiary/aromatic N) is 2. The summed E-state index contributed by atoms with van der Waals surface area (Å²) in [5.41, 5.74) is 1.47. The van der Waals surface area contributed by atoms with Gasteiger partial charge >= 0.3 is 0 Å². The summed E-state index contributed by atoms with van der Waals surface area (Å²) in [4.78, 5) is 31.0. The molecular formula is C17H17N3O2S2. The van der Waals surface area contributed by atoms with E-state index < -0.39 is 0 Å². The SMILES string of the molecule is CCC(=O)Nc1ccccc1SCc1cc(=O)n2cc(C)sc2n1. The molecule has 3 aromatic rings. The molecule has 2 heterocycles. The van der Waals surface area contributed by atoms with Gasteiger partial charge in [-0.3, -0.25) is 14.0 Å². The van der Waals surface area contributed by atoms with Crippen molar-refractivity contribution in [3.8, 4) is 0 Å². The van der Waals surface area contributed by atoms with E-state index >= 15 is 0 Å². The molecule has 1 N–H and O–H groups in total. The maximum Gasteiger partial charge on any atom is 0.258 e. The second-order valence-electron chi connectivity index (χ2n) is 5.27. The van der Waals surface area contributed by atoms with E-state index in [0.717, 1.165) is 21.2 Å². The predicted octanol–water partition coefficient (Wildman–Crippen LogP) is 3.71. The molecule has 0 radical (unpaired) electrons. The Kier molecular flexibility index (Phi) is 5.01. The molecule has 1 amide bonds. The second kappa shape index (κ2) is 7.19. The van der Waals surface area contributed by atoms with Crippen LogP contribution in [-0.2, 0) is 10.5 Å². The number of thioether (sulfide) groups is 1. The van der Waals surface area contributed by atoms with Gasteiger partial charge in [0, 0.05) is 34.2 Å². The number of nitrogens with one attached hydrogen (secondary N) is 1. The monoisotopic (exact) mass is 359 g/mol. The molecule has 0 atom stereocenters. The molecule has 5 nitrogen and oxygen atoms in total. The molecule has 7 heteroatoms. The van der Waals surface area contributed by atoms with E-state index in [1.807, 2.05) is 44.3 Å². The van der Waals surface area contributed by atoms with Crippen LogP contribution in [0.15, 0.2) is 46.2 Å². The molecule has 0 saturated heterocycles. The number of amides is 1. The molecule has 0 aliphatic carbocycles. The number of carbonyl (C=O) groups excluding carboxylic acids is 1. The summed E-state index contributed by atoms with van der Waals surface area (Å²) < 4.78 is 1.57. The molecule has 0 unspecified atom stereocenters. The number of aromatic nitrogens is 2. The van der Waals surface area contributed by atoms with Crippen LogP contribution in [0, 0.1) is 6.92 Å². The molecule has 0 fully saturated rings. The van der Waals surface area contributed by atoms with Crippen LogP contribution in [0.4, 0.5) is 5.69 Å².